The monoisotopic (exact) mass is 436 g/mol. The van der Waals surface area contributed by atoms with Gasteiger partial charge in [0, 0.05) is 23.6 Å². The Kier molecular flexibility index (Phi) is 7.35. The maximum Gasteiger partial charge on any atom is 0.416 e. The van der Waals surface area contributed by atoms with E-state index in [0.29, 0.717) is 5.69 Å². The first kappa shape index (κ1) is 23.6. The van der Waals surface area contributed by atoms with E-state index in [0.717, 1.165) is 17.8 Å². The van der Waals surface area contributed by atoms with Crippen LogP contribution in [0.15, 0.2) is 24.3 Å². The average Bonchev–Trinajstić information content (AvgIpc) is 2.98. The van der Waals surface area contributed by atoms with Gasteiger partial charge in [-0.2, -0.15) is 18.2 Å². The topological polar surface area (TPSA) is 98.2 Å². The van der Waals surface area contributed by atoms with E-state index in [9.17, 15) is 18.0 Å². The van der Waals surface area contributed by atoms with Gasteiger partial charge in [-0.15, -0.1) is 29.9 Å². The lowest BCUT2D eigenvalue weighted by Crippen LogP contribution is -2.16. The zero-order valence-corrected chi connectivity index (χ0v) is 16.4. The maximum atomic E-state index is 13.0. The van der Waals surface area contributed by atoms with Crippen LogP contribution in [0.5, 0.6) is 0 Å². The van der Waals surface area contributed by atoms with Crippen molar-refractivity contribution in [2.24, 2.45) is 5.73 Å². The van der Waals surface area contributed by atoms with Gasteiger partial charge in [-0.25, -0.2) is 9.50 Å². The molecule has 3 N–H and O–H groups in total. The van der Waals surface area contributed by atoms with Gasteiger partial charge in [-0.05, 0) is 43.7 Å². The van der Waals surface area contributed by atoms with Gasteiger partial charge in [0.1, 0.15) is 0 Å². The van der Waals surface area contributed by atoms with Crippen LogP contribution in [0.2, 0.25) is 0 Å². The standard InChI is InChI=1S/C16H15F3N6O.2ClH/c1-8-3-9(2)25-15(21-8)23-13(24-25)14(26)22-12-5-10(7-20)4-11(6-12)16(17,18)19;;/h3-6H,7,20H2,1-2H3,(H,22,26);2*1H. The predicted molar refractivity (Wildman–Crippen MR) is 102 cm³/mol. The second-order valence-electron chi connectivity index (χ2n) is 5.76. The van der Waals surface area contributed by atoms with Crippen molar-refractivity contribution in [3.63, 3.8) is 0 Å². The molecule has 2 heterocycles. The van der Waals surface area contributed by atoms with Crippen molar-refractivity contribution in [2.45, 2.75) is 26.6 Å². The molecule has 0 spiro atoms. The molecule has 0 saturated carbocycles. The number of aryl methyl sites for hydroxylation is 2. The molecule has 0 fully saturated rings. The summed E-state index contributed by atoms with van der Waals surface area (Å²) in [4.78, 5) is 20.5. The quantitative estimate of drug-likeness (QED) is 0.655. The SMILES string of the molecule is Cc1cc(C)n2nc(C(=O)Nc3cc(CN)cc(C(F)(F)F)c3)nc2n1.Cl.Cl. The molecule has 28 heavy (non-hydrogen) atoms. The largest absolute Gasteiger partial charge is 0.416 e. The number of carbonyl (C=O) groups is 1. The highest BCUT2D eigenvalue weighted by Gasteiger charge is 2.31. The van der Waals surface area contributed by atoms with Gasteiger partial charge in [0.15, 0.2) is 0 Å². The Morgan fingerprint density at radius 2 is 1.82 bits per heavy atom. The molecular weight excluding hydrogens is 420 g/mol. The second kappa shape index (κ2) is 8.72. The van der Waals surface area contributed by atoms with Gasteiger partial charge >= 0.3 is 6.18 Å². The third-order valence-electron chi connectivity index (χ3n) is 3.64. The molecule has 0 aliphatic carbocycles. The summed E-state index contributed by atoms with van der Waals surface area (Å²) in [6.45, 7) is 3.46. The lowest BCUT2D eigenvalue weighted by Gasteiger charge is -2.11. The summed E-state index contributed by atoms with van der Waals surface area (Å²) >= 11 is 0. The first-order valence-electron chi connectivity index (χ1n) is 7.61. The van der Waals surface area contributed by atoms with Gasteiger partial charge in [0.25, 0.3) is 11.7 Å². The van der Waals surface area contributed by atoms with Crippen LogP contribution < -0.4 is 11.1 Å². The maximum absolute atomic E-state index is 13.0. The van der Waals surface area contributed by atoms with Crippen LogP contribution >= 0.6 is 24.8 Å². The van der Waals surface area contributed by atoms with E-state index in [4.69, 9.17) is 5.73 Å². The number of hydrogen-bond donors (Lipinski definition) is 2. The zero-order chi connectivity index (χ0) is 19.1. The van der Waals surface area contributed by atoms with Crippen molar-refractivity contribution in [1.82, 2.24) is 19.6 Å². The van der Waals surface area contributed by atoms with Crippen LogP contribution in [-0.4, -0.2) is 25.5 Å². The number of anilines is 1. The van der Waals surface area contributed by atoms with E-state index in [-0.39, 0.29) is 54.2 Å². The Balaban J connectivity index is 0.00000196. The van der Waals surface area contributed by atoms with Crippen molar-refractivity contribution in [1.29, 1.82) is 0 Å². The third kappa shape index (κ3) is 4.89. The summed E-state index contributed by atoms with van der Waals surface area (Å²) in [5.41, 5.74) is 6.18. The van der Waals surface area contributed by atoms with Crippen LogP contribution in [-0.2, 0) is 12.7 Å². The number of rotatable bonds is 3. The molecule has 0 unspecified atom stereocenters. The first-order chi connectivity index (χ1) is 12.2. The summed E-state index contributed by atoms with van der Waals surface area (Å²) in [6, 6.07) is 4.91. The molecule has 1 aromatic carbocycles. The molecule has 3 aromatic rings. The smallest absolute Gasteiger partial charge is 0.326 e. The average molecular weight is 437 g/mol. The highest BCUT2D eigenvalue weighted by molar-refractivity contribution is 6.01. The molecule has 0 aliphatic rings. The van der Waals surface area contributed by atoms with Gasteiger partial charge in [0.05, 0.1) is 5.56 Å². The van der Waals surface area contributed by atoms with Crippen molar-refractivity contribution < 1.29 is 18.0 Å². The summed E-state index contributed by atoms with van der Waals surface area (Å²) in [5.74, 6) is -0.702. The summed E-state index contributed by atoms with van der Waals surface area (Å²) < 4.78 is 40.3. The molecule has 0 saturated heterocycles. The summed E-state index contributed by atoms with van der Waals surface area (Å²) in [5, 5.41) is 6.43. The van der Waals surface area contributed by atoms with E-state index in [2.05, 4.69) is 20.4 Å². The normalized spacial score (nSPS) is 10.9. The van der Waals surface area contributed by atoms with Crippen LogP contribution in [0.1, 0.15) is 33.1 Å². The highest BCUT2D eigenvalue weighted by atomic mass is 35.5. The van der Waals surface area contributed by atoms with Crippen molar-refractivity contribution in [2.75, 3.05) is 5.32 Å². The van der Waals surface area contributed by atoms with Gasteiger partial charge in [0.2, 0.25) is 5.82 Å². The molecule has 7 nitrogen and oxygen atoms in total. The van der Waals surface area contributed by atoms with E-state index in [1.54, 1.807) is 19.9 Å². The number of fused-ring (bicyclic) bond motifs is 1. The fourth-order valence-corrected chi connectivity index (χ4v) is 2.50. The van der Waals surface area contributed by atoms with Gasteiger partial charge < -0.3 is 11.1 Å². The van der Waals surface area contributed by atoms with E-state index in [1.807, 2.05) is 0 Å². The number of aromatic nitrogens is 4. The minimum atomic E-state index is -4.55. The molecule has 0 aliphatic heterocycles. The van der Waals surface area contributed by atoms with Crippen molar-refractivity contribution in [3.8, 4) is 0 Å². The number of nitrogens with one attached hydrogen (secondary N) is 1. The minimum Gasteiger partial charge on any atom is -0.326 e. The number of hydrogen-bond acceptors (Lipinski definition) is 5. The Bertz CT molecular complexity index is 1010. The number of nitrogens with zero attached hydrogens (tertiary/aromatic N) is 4. The van der Waals surface area contributed by atoms with Gasteiger partial charge in [-0.1, -0.05) is 0 Å². The predicted octanol–water partition coefficient (Wildman–Crippen LogP) is 3.31. The molecular formula is C16H17Cl2F3N6O. The molecule has 12 heteroatoms. The summed E-state index contributed by atoms with van der Waals surface area (Å²) in [6.07, 6.45) is -4.55. The van der Waals surface area contributed by atoms with Crippen LogP contribution in [0, 0.1) is 13.8 Å². The lowest BCUT2D eigenvalue weighted by molar-refractivity contribution is -0.137. The van der Waals surface area contributed by atoms with E-state index < -0.39 is 17.6 Å². The highest BCUT2D eigenvalue weighted by Crippen LogP contribution is 2.32. The van der Waals surface area contributed by atoms with Crippen LogP contribution in [0.25, 0.3) is 5.78 Å². The zero-order valence-electron chi connectivity index (χ0n) is 14.7. The molecule has 0 bridgehead atoms. The fourth-order valence-electron chi connectivity index (χ4n) is 2.50. The Morgan fingerprint density at radius 3 is 2.43 bits per heavy atom. The van der Waals surface area contributed by atoms with Crippen LogP contribution in [0.4, 0.5) is 18.9 Å². The Hall–Kier alpha value is -2.43. The molecule has 0 radical (unpaired) electrons. The number of benzene rings is 1. The molecule has 152 valence electrons. The number of halogens is 5. The lowest BCUT2D eigenvalue weighted by atomic mass is 10.1. The number of carbonyl (C=O) groups excluding carboxylic acids is 1. The van der Waals surface area contributed by atoms with E-state index >= 15 is 0 Å². The van der Waals surface area contributed by atoms with Gasteiger partial charge in [-0.3, -0.25) is 4.79 Å². The third-order valence-corrected chi connectivity index (χ3v) is 3.64. The second-order valence-corrected chi connectivity index (χ2v) is 5.76. The molecule has 0 atom stereocenters. The number of amides is 1. The fraction of sp³-hybridized carbons (Fsp3) is 0.250. The Labute approximate surface area is 170 Å². The molecule has 1 amide bonds. The van der Waals surface area contributed by atoms with Crippen molar-refractivity contribution in [3.05, 3.63) is 52.6 Å². The minimum absolute atomic E-state index is 0. The molecule has 3 rings (SSSR count). The Morgan fingerprint density at radius 1 is 1.14 bits per heavy atom. The van der Waals surface area contributed by atoms with E-state index in [1.165, 1.54) is 10.6 Å². The van der Waals surface area contributed by atoms with Crippen LogP contribution in [0.3, 0.4) is 0 Å². The molecule has 2 aromatic heterocycles. The number of nitrogens with two attached hydrogens (primary N) is 1. The number of alkyl halides is 3. The summed E-state index contributed by atoms with van der Waals surface area (Å²) in [7, 11) is 0. The van der Waals surface area contributed by atoms with Crippen molar-refractivity contribution >= 4 is 42.2 Å². The first-order valence-corrected chi connectivity index (χ1v) is 7.61.